The molecule has 2 aliphatic rings. The average molecular weight is 546 g/mol. The lowest BCUT2D eigenvalue weighted by Crippen LogP contribution is -2.40. The lowest BCUT2D eigenvalue weighted by Gasteiger charge is -2.21. The van der Waals surface area contributed by atoms with Gasteiger partial charge in [-0.25, -0.2) is 0 Å². The highest BCUT2D eigenvalue weighted by Crippen LogP contribution is 2.26. The fourth-order valence-electron chi connectivity index (χ4n) is 4.05. The number of halogens is 1. The number of methoxy groups -OCH3 is 1. The lowest BCUT2D eigenvalue weighted by molar-refractivity contribution is 0.0203. The van der Waals surface area contributed by atoms with Gasteiger partial charge in [-0.1, -0.05) is 6.07 Å². The van der Waals surface area contributed by atoms with E-state index in [0.29, 0.717) is 11.8 Å². The molecule has 0 spiro atoms. The molecule has 0 radical (unpaired) electrons. The maximum atomic E-state index is 5.83. The van der Waals surface area contributed by atoms with Gasteiger partial charge in [0.1, 0.15) is 5.75 Å². The van der Waals surface area contributed by atoms with Crippen molar-refractivity contribution < 1.29 is 14.2 Å². The van der Waals surface area contributed by atoms with Gasteiger partial charge in [-0.3, -0.25) is 4.99 Å². The first kappa shape index (κ1) is 26.0. The van der Waals surface area contributed by atoms with Crippen LogP contribution in [0.3, 0.4) is 0 Å². The van der Waals surface area contributed by atoms with Crippen LogP contribution in [-0.4, -0.2) is 72.7 Å². The summed E-state index contributed by atoms with van der Waals surface area (Å²) >= 11 is 0. The van der Waals surface area contributed by atoms with Gasteiger partial charge < -0.3 is 29.7 Å². The Morgan fingerprint density at radius 2 is 2.03 bits per heavy atom. The molecule has 1 unspecified atom stereocenters. The van der Waals surface area contributed by atoms with Gasteiger partial charge in [0.05, 0.1) is 7.11 Å². The zero-order valence-corrected chi connectivity index (χ0v) is 21.3. The van der Waals surface area contributed by atoms with E-state index in [1.54, 1.807) is 7.11 Å². The number of guanidine groups is 1. The molecule has 31 heavy (non-hydrogen) atoms. The van der Waals surface area contributed by atoms with E-state index in [9.17, 15) is 0 Å². The summed E-state index contributed by atoms with van der Waals surface area (Å²) < 4.78 is 16.6. The van der Waals surface area contributed by atoms with Crippen LogP contribution in [-0.2, 0) is 9.47 Å². The largest absolute Gasteiger partial charge is 0.497 e. The van der Waals surface area contributed by atoms with Crippen LogP contribution in [0.15, 0.2) is 29.3 Å². The first-order chi connectivity index (χ1) is 14.8. The highest BCUT2D eigenvalue weighted by molar-refractivity contribution is 14.0. The van der Waals surface area contributed by atoms with Crippen LogP contribution in [0, 0.1) is 11.8 Å². The van der Waals surface area contributed by atoms with Crippen molar-refractivity contribution in [3.8, 4) is 5.75 Å². The second kappa shape index (κ2) is 14.7. The molecule has 1 atom stereocenters. The van der Waals surface area contributed by atoms with Crippen molar-refractivity contribution in [1.29, 1.82) is 0 Å². The number of nitrogens with one attached hydrogen (secondary N) is 2. The summed E-state index contributed by atoms with van der Waals surface area (Å²) in [6, 6.07) is 8.31. The Labute approximate surface area is 204 Å². The molecular formula is C23H39IN4O3. The van der Waals surface area contributed by atoms with E-state index in [-0.39, 0.29) is 24.0 Å². The molecule has 3 rings (SSSR count). The first-order valence-electron chi connectivity index (χ1n) is 11.3. The van der Waals surface area contributed by atoms with Gasteiger partial charge in [-0.15, -0.1) is 24.0 Å². The number of ether oxygens (including phenoxy) is 3. The number of aliphatic imine (C=N–C) groups is 1. The number of anilines is 1. The maximum Gasteiger partial charge on any atom is 0.190 e. The molecular weight excluding hydrogens is 507 g/mol. The Morgan fingerprint density at radius 3 is 2.81 bits per heavy atom. The second-order valence-corrected chi connectivity index (χ2v) is 8.17. The van der Waals surface area contributed by atoms with Crippen LogP contribution >= 0.6 is 24.0 Å². The molecule has 1 aromatic carbocycles. The quantitative estimate of drug-likeness (QED) is 0.204. The summed E-state index contributed by atoms with van der Waals surface area (Å²) in [4.78, 5) is 6.78. The van der Waals surface area contributed by atoms with Crippen molar-refractivity contribution in [2.75, 3.05) is 71.7 Å². The van der Waals surface area contributed by atoms with E-state index in [4.69, 9.17) is 14.2 Å². The summed E-state index contributed by atoms with van der Waals surface area (Å²) in [5.41, 5.74) is 1.24. The fraction of sp³-hybridized carbons (Fsp3) is 0.696. The SMILES string of the molecule is CN=C(NCCCOCC1CCOCC1)NCC1CCN(c2cccc(OC)c2)C1.I. The summed E-state index contributed by atoms with van der Waals surface area (Å²) in [6.45, 7) is 7.36. The number of benzene rings is 1. The van der Waals surface area contributed by atoms with Gasteiger partial charge in [-0.05, 0) is 49.7 Å². The molecule has 0 aliphatic carbocycles. The van der Waals surface area contributed by atoms with Crippen molar-refractivity contribution in [3.05, 3.63) is 24.3 Å². The van der Waals surface area contributed by atoms with Crippen molar-refractivity contribution in [2.45, 2.75) is 25.7 Å². The fourth-order valence-corrected chi connectivity index (χ4v) is 4.05. The van der Waals surface area contributed by atoms with E-state index < -0.39 is 0 Å². The molecule has 0 amide bonds. The third-order valence-corrected chi connectivity index (χ3v) is 5.94. The lowest BCUT2D eigenvalue weighted by atomic mass is 10.0. The van der Waals surface area contributed by atoms with Crippen molar-refractivity contribution >= 4 is 35.6 Å². The predicted molar refractivity (Wildman–Crippen MR) is 137 cm³/mol. The van der Waals surface area contributed by atoms with Crippen molar-refractivity contribution in [2.24, 2.45) is 16.8 Å². The molecule has 2 fully saturated rings. The third kappa shape index (κ3) is 9.02. The smallest absolute Gasteiger partial charge is 0.190 e. The maximum absolute atomic E-state index is 5.83. The molecule has 2 N–H and O–H groups in total. The minimum absolute atomic E-state index is 0. The standard InChI is InChI=1S/C23H38N4O3.HI/c1-24-23(25-10-4-12-30-18-19-8-13-29-14-9-19)26-16-20-7-11-27(17-20)21-5-3-6-22(15-21)28-2;/h3,5-6,15,19-20H,4,7-14,16-18H2,1-2H3,(H2,24,25,26);1H. The van der Waals surface area contributed by atoms with Gasteiger partial charge in [0.25, 0.3) is 0 Å². The van der Waals surface area contributed by atoms with E-state index in [1.165, 1.54) is 12.1 Å². The third-order valence-electron chi connectivity index (χ3n) is 5.94. The van der Waals surface area contributed by atoms with Crippen LogP contribution in [0.2, 0.25) is 0 Å². The van der Waals surface area contributed by atoms with Gasteiger partial charge >= 0.3 is 0 Å². The summed E-state index contributed by atoms with van der Waals surface area (Å²) in [6.07, 6.45) is 4.43. The van der Waals surface area contributed by atoms with Crippen LogP contribution in [0.5, 0.6) is 5.75 Å². The Hall–Kier alpha value is -1.26. The topological polar surface area (TPSA) is 67.4 Å². The molecule has 1 aromatic rings. The number of hydrogen-bond donors (Lipinski definition) is 2. The van der Waals surface area contributed by atoms with Crippen LogP contribution in [0.4, 0.5) is 5.69 Å². The molecule has 2 saturated heterocycles. The normalized spacial score (nSPS) is 19.7. The number of rotatable bonds is 10. The molecule has 0 bridgehead atoms. The minimum Gasteiger partial charge on any atom is -0.497 e. The van der Waals surface area contributed by atoms with Gasteiger partial charge in [0.2, 0.25) is 0 Å². The Bertz CT molecular complexity index is 655. The predicted octanol–water partition coefficient (Wildman–Crippen LogP) is 3.14. The zero-order chi connectivity index (χ0) is 21.0. The van der Waals surface area contributed by atoms with E-state index in [2.05, 4.69) is 38.7 Å². The molecule has 0 saturated carbocycles. The van der Waals surface area contributed by atoms with Crippen molar-refractivity contribution in [1.82, 2.24) is 10.6 Å². The van der Waals surface area contributed by atoms with E-state index in [0.717, 1.165) is 83.6 Å². The number of nitrogens with zero attached hydrogens (tertiary/aromatic N) is 2. The monoisotopic (exact) mass is 546 g/mol. The minimum atomic E-state index is 0. The summed E-state index contributed by atoms with van der Waals surface area (Å²) in [7, 11) is 3.54. The molecule has 8 heteroatoms. The summed E-state index contributed by atoms with van der Waals surface area (Å²) in [5.74, 6) is 3.07. The van der Waals surface area contributed by atoms with Crippen LogP contribution in [0.1, 0.15) is 25.7 Å². The Kier molecular flexibility index (Phi) is 12.4. The van der Waals surface area contributed by atoms with Gasteiger partial charge in [-0.2, -0.15) is 0 Å². The average Bonchev–Trinajstić information content (AvgIpc) is 3.28. The van der Waals surface area contributed by atoms with Crippen LogP contribution in [0.25, 0.3) is 0 Å². The second-order valence-electron chi connectivity index (χ2n) is 8.17. The van der Waals surface area contributed by atoms with E-state index >= 15 is 0 Å². The number of hydrogen-bond acceptors (Lipinski definition) is 5. The zero-order valence-electron chi connectivity index (χ0n) is 19.0. The molecule has 2 aliphatic heterocycles. The molecule has 0 aromatic heterocycles. The Morgan fingerprint density at radius 1 is 1.19 bits per heavy atom. The molecule has 2 heterocycles. The van der Waals surface area contributed by atoms with Crippen LogP contribution < -0.4 is 20.3 Å². The molecule has 176 valence electrons. The first-order valence-corrected chi connectivity index (χ1v) is 11.3. The highest BCUT2D eigenvalue weighted by Gasteiger charge is 2.23. The highest BCUT2D eigenvalue weighted by atomic mass is 127. The Balaban J connectivity index is 0.00000341. The molecule has 7 nitrogen and oxygen atoms in total. The van der Waals surface area contributed by atoms with Gasteiger partial charge in [0, 0.05) is 71.4 Å². The van der Waals surface area contributed by atoms with E-state index in [1.807, 2.05) is 13.1 Å². The van der Waals surface area contributed by atoms with Gasteiger partial charge in [0.15, 0.2) is 5.96 Å². The summed E-state index contributed by atoms with van der Waals surface area (Å²) in [5, 5.41) is 6.88. The van der Waals surface area contributed by atoms with Crippen molar-refractivity contribution in [3.63, 3.8) is 0 Å².